The van der Waals surface area contributed by atoms with Crippen LogP contribution in [0.15, 0.2) is 35.6 Å². The Morgan fingerprint density at radius 2 is 2.11 bits per heavy atom. The van der Waals surface area contributed by atoms with Crippen LogP contribution in [-0.2, 0) is 4.79 Å². The average Bonchev–Trinajstić information content (AvgIpc) is 2.82. The Morgan fingerprint density at radius 3 is 2.89 bits per heavy atom. The van der Waals surface area contributed by atoms with E-state index in [9.17, 15) is 9.90 Å². The number of nitrogens with one attached hydrogen (secondary N) is 1. The molecule has 0 unspecified atom stereocenters. The quantitative estimate of drug-likeness (QED) is 0.601. The van der Waals surface area contributed by atoms with Gasteiger partial charge in [-0.1, -0.05) is 17.3 Å². The molecular formula is C13H12N4O2. The molecule has 2 N–H and O–H groups in total. The normalized spacial score (nSPS) is 16.1. The van der Waals surface area contributed by atoms with Crippen LogP contribution in [-0.4, -0.2) is 31.7 Å². The number of hydrogen-bond donors (Lipinski definition) is 2. The van der Waals surface area contributed by atoms with Crippen molar-refractivity contribution in [2.75, 3.05) is 0 Å². The van der Waals surface area contributed by atoms with E-state index in [1.165, 1.54) is 4.68 Å². The largest absolute Gasteiger partial charge is 0.511 e. The van der Waals surface area contributed by atoms with Crippen LogP contribution in [0.2, 0.25) is 0 Å². The topological polar surface area (TPSA) is 91.9 Å². The second-order valence-electron chi connectivity index (χ2n) is 4.44. The van der Waals surface area contributed by atoms with Gasteiger partial charge in [0.15, 0.2) is 11.6 Å². The maximum absolute atomic E-state index is 11.9. The van der Waals surface area contributed by atoms with E-state index in [1.54, 1.807) is 12.1 Å². The lowest BCUT2D eigenvalue weighted by Gasteiger charge is -2.15. The zero-order chi connectivity index (χ0) is 13.4. The number of benzene rings is 1. The van der Waals surface area contributed by atoms with Crippen LogP contribution in [0.1, 0.15) is 19.3 Å². The molecule has 1 heterocycles. The molecule has 19 heavy (non-hydrogen) atoms. The molecule has 0 radical (unpaired) electrons. The summed E-state index contributed by atoms with van der Waals surface area (Å²) in [6.07, 6.45) is 1.41. The molecule has 0 bridgehead atoms. The minimum Gasteiger partial charge on any atom is -0.511 e. The Kier molecular flexibility index (Phi) is 2.63. The lowest BCUT2D eigenvalue weighted by molar-refractivity contribution is -0.115. The second-order valence-corrected chi connectivity index (χ2v) is 4.44. The monoisotopic (exact) mass is 256 g/mol. The van der Waals surface area contributed by atoms with Crippen LogP contribution in [0, 0.1) is 5.41 Å². The Labute approximate surface area is 108 Å². The van der Waals surface area contributed by atoms with Crippen molar-refractivity contribution in [3.8, 4) is 0 Å². The van der Waals surface area contributed by atoms with Gasteiger partial charge in [-0.25, -0.2) is 0 Å². The summed E-state index contributed by atoms with van der Waals surface area (Å²) in [7, 11) is 0. The van der Waals surface area contributed by atoms with Crippen molar-refractivity contribution < 1.29 is 9.90 Å². The molecule has 1 aromatic heterocycles. The number of hydrogen-bond acceptors (Lipinski definition) is 5. The van der Waals surface area contributed by atoms with Crippen LogP contribution in [0.4, 0.5) is 0 Å². The predicted molar refractivity (Wildman–Crippen MR) is 69.2 cm³/mol. The molecule has 2 aromatic rings. The summed E-state index contributed by atoms with van der Waals surface area (Å²) in [6, 6.07) is 7.19. The first-order valence-corrected chi connectivity index (χ1v) is 6.03. The number of allylic oxidation sites excluding steroid dienone is 2. The Morgan fingerprint density at radius 1 is 1.32 bits per heavy atom. The number of rotatable bonds is 1. The number of para-hydroxylation sites is 1. The highest BCUT2D eigenvalue weighted by atomic mass is 16.3. The number of aromatic nitrogens is 3. The van der Waals surface area contributed by atoms with Crippen molar-refractivity contribution >= 4 is 22.7 Å². The van der Waals surface area contributed by atoms with E-state index >= 15 is 0 Å². The van der Waals surface area contributed by atoms with Crippen molar-refractivity contribution in [1.29, 1.82) is 5.41 Å². The van der Waals surface area contributed by atoms with Crippen molar-refractivity contribution in [2.24, 2.45) is 0 Å². The molecule has 96 valence electrons. The third-order valence-electron chi connectivity index (χ3n) is 3.19. The van der Waals surface area contributed by atoms with Crippen molar-refractivity contribution in [3.05, 3.63) is 35.6 Å². The zero-order valence-electron chi connectivity index (χ0n) is 10.1. The fraction of sp³-hybridized carbons (Fsp3) is 0.231. The van der Waals surface area contributed by atoms with Gasteiger partial charge in [-0.15, -0.1) is 5.10 Å². The van der Waals surface area contributed by atoms with Gasteiger partial charge in [0.05, 0.1) is 11.1 Å². The van der Waals surface area contributed by atoms with Crippen molar-refractivity contribution in [2.45, 2.75) is 19.3 Å². The second kappa shape index (κ2) is 4.31. The molecule has 0 amide bonds. The predicted octanol–water partition coefficient (Wildman–Crippen LogP) is 1.82. The third-order valence-corrected chi connectivity index (χ3v) is 3.19. The highest BCUT2D eigenvalue weighted by molar-refractivity contribution is 6.22. The summed E-state index contributed by atoms with van der Waals surface area (Å²) >= 11 is 0. The van der Waals surface area contributed by atoms with Crippen LogP contribution < -0.4 is 0 Å². The summed E-state index contributed by atoms with van der Waals surface area (Å²) in [4.78, 5) is 11.9. The van der Waals surface area contributed by atoms with Gasteiger partial charge in [0.25, 0.3) is 0 Å². The number of Topliss-reactive ketones (excluding diaryl/α,β-unsaturated/α-hetero) is 1. The van der Waals surface area contributed by atoms with E-state index in [2.05, 4.69) is 10.3 Å². The molecule has 6 heteroatoms. The molecule has 0 spiro atoms. The number of aliphatic hydroxyl groups excluding tert-OH is 1. The van der Waals surface area contributed by atoms with Crippen LogP contribution in [0.3, 0.4) is 0 Å². The SMILES string of the molecule is N=C(C1=C(O)CCCC1=O)n1nnc2ccccc21. The summed E-state index contributed by atoms with van der Waals surface area (Å²) in [5.74, 6) is -0.356. The first-order valence-electron chi connectivity index (χ1n) is 6.03. The minimum atomic E-state index is -0.215. The molecular weight excluding hydrogens is 244 g/mol. The van der Waals surface area contributed by atoms with Gasteiger partial charge in [0.2, 0.25) is 0 Å². The van der Waals surface area contributed by atoms with E-state index in [0.717, 1.165) is 0 Å². The average molecular weight is 256 g/mol. The molecule has 1 aromatic carbocycles. The van der Waals surface area contributed by atoms with Crippen LogP contribution >= 0.6 is 0 Å². The number of nitrogens with zero attached hydrogens (tertiary/aromatic N) is 3. The van der Waals surface area contributed by atoms with Gasteiger partial charge < -0.3 is 5.11 Å². The van der Waals surface area contributed by atoms with Gasteiger partial charge in [0, 0.05) is 12.8 Å². The van der Waals surface area contributed by atoms with Gasteiger partial charge >= 0.3 is 0 Å². The van der Waals surface area contributed by atoms with Gasteiger partial charge in [-0.2, -0.15) is 4.68 Å². The molecule has 0 aliphatic heterocycles. The molecule has 3 rings (SSSR count). The summed E-state index contributed by atoms with van der Waals surface area (Å²) in [5.41, 5.74) is 1.35. The highest BCUT2D eigenvalue weighted by Crippen LogP contribution is 2.22. The van der Waals surface area contributed by atoms with E-state index in [1.807, 2.05) is 12.1 Å². The number of carbonyl (C=O) groups is 1. The Bertz CT molecular complexity index is 714. The highest BCUT2D eigenvalue weighted by Gasteiger charge is 2.26. The lowest BCUT2D eigenvalue weighted by Crippen LogP contribution is -2.25. The number of ketones is 1. The van der Waals surface area contributed by atoms with E-state index in [0.29, 0.717) is 30.3 Å². The van der Waals surface area contributed by atoms with Crippen LogP contribution in [0.25, 0.3) is 11.0 Å². The maximum atomic E-state index is 11.9. The number of aliphatic hydroxyl groups is 1. The summed E-state index contributed by atoms with van der Waals surface area (Å²) in [5, 5.41) is 25.8. The molecule has 0 saturated carbocycles. The molecule has 6 nitrogen and oxygen atoms in total. The van der Waals surface area contributed by atoms with E-state index < -0.39 is 0 Å². The fourth-order valence-electron chi connectivity index (χ4n) is 2.24. The van der Waals surface area contributed by atoms with Crippen molar-refractivity contribution in [1.82, 2.24) is 15.0 Å². The number of fused-ring (bicyclic) bond motifs is 1. The van der Waals surface area contributed by atoms with E-state index in [-0.39, 0.29) is 23.0 Å². The zero-order valence-corrected chi connectivity index (χ0v) is 10.1. The summed E-state index contributed by atoms with van der Waals surface area (Å²) in [6.45, 7) is 0. The van der Waals surface area contributed by atoms with Crippen molar-refractivity contribution in [3.63, 3.8) is 0 Å². The first-order chi connectivity index (χ1) is 9.18. The fourth-order valence-corrected chi connectivity index (χ4v) is 2.24. The lowest BCUT2D eigenvalue weighted by atomic mass is 9.95. The molecule has 0 fully saturated rings. The standard InChI is InChI=1S/C13H12N4O2/c14-13(12-10(18)6-3-7-11(12)19)17-9-5-2-1-4-8(9)15-16-17/h1-2,4-5,14,18H,3,6-7H2. The molecule has 1 aliphatic carbocycles. The van der Waals surface area contributed by atoms with Gasteiger partial charge in [0.1, 0.15) is 11.3 Å². The molecule has 0 saturated heterocycles. The third kappa shape index (κ3) is 1.81. The smallest absolute Gasteiger partial charge is 0.170 e. The number of carbonyl (C=O) groups excluding carboxylic acids is 1. The molecule has 1 aliphatic rings. The van der Waals surface area contributed by atoms with Gasteiger partial charge in [-0.3, -0.25) is 10.2 Å². The van der Waals surface area contributed by atoms with Crippen LogP contribution in [0.5, 0.6) is 0 Å². The van der Waals surface area contributed by atoms with E-state index in [4.69, 9.17) is 5.41 Å². The maximum Gasteiger partial charge on any atom is 0.170 e. The Hall–Kier alpha value is -2.50. The summed E-state index contributed by atoms with van der Waals surface area (Å²) < 4.78 is 1.28. The first kappa shape index (κ1) is 11.6. The minimum absolute atomic E-state index is 0.0270. The molecule has 0 atom stereocenters. The Balaban J connectivity index is 2.12. The van der Waals surface area contributed by atoms with Gasteiger partial charge in [-0.05, 0) is 18.6 Å².